The Balaban J connectivity index is 1.32. The van der Waals surface area contributed by atoms with Crippen molar-refractivity contribution in [2.45, 2.75) is 11.8 Å². The van der Waals surface area contributed by atoms with E-state index in [2.05, 4.69) is 20.0 Å². The second-order valence-corrected chi connectivity index (χ2v) is 9.13. The smallest absolute Gasteiger partial charge is 0.395 e. The topological polar surface area (TPSA) is 178 Å². The van der Waals surface area contributed by atoms with Crippen molar-refractivity contribution in [1.82, 2.24) is 14.9 Å². The molecule has 1 aliphatic heterocycles. The number of aromatic nitrogens is 2. The Kier molecular flexibility index (Phi) is 5.98. The van der Waals surface area contributed by atoms with E-state index in [4.69, 9.17) is 4.42 Å². The molecule has 0 saturated carbocycles. The van der Waals surface area contributed by atoms with E-state index in [1.807, 2.05) is 0 Å². The molecule has 0 atom stereocenters. The lowest BCUT2D eigenvalue weighted by Gasteiger charge is -2.37. The fourth-order valence-electron chi connectivity index (χ4n) is 3.15. The third kappa shape index (κ3) is 4.85. The Bertz CT molecular complexity index is 1360. The predicted molar refractivity (Wildman–Crippen MR) is 117 cm³/mol. The maximum absolute atomic E-state index is 12.5. The van der Waals surface area contributed by atoms with Gasteiger partial charge in [0.2, 0.25) is 11.9 Å². The standard InChI is InChI=1S/C20H18N6O7S/c1-12-8-9-21-20(22-12)24-34(31,32)15-4-2-14(3-5-15)23-18(27)13-10-25(11-13)19(28)16-6-7-17(33-16)26(29)30/h2-9,13H,10-11H2,1H3,(H,23,27)(H,21,22,24). The van der Waals surface area contributed by atoms with Crippen molar-refractivity contribution in [3.05, 3.63) is 70.2 Å². The number of sulfonamides is 1. The quantitative estimate of drug-likeness (QED) is 0.372. The van der Waals surface area contributed by atoms with Crippen LogP contribution >= 0.6 is 0 Å². The van der Waals surface area contributed by atoms with E-state index in [0.717, 1.165) is 6.07 Å². The highest BCUT2D eigenvalue weighted by molar-refractivity contribution is 7.92. The number of rotatable bonds is 7. The summed E-state index contributed by atoms with van der Waals surface area (Å²) < 4.78 is 32.2. The van der Waals surface area contributed by atoms with Crippen molar-refractivity contribution < 1.29 is 27.3 Å². The summed E-state index contributed by atoms with van der Waals surface area (Å²) in [5, 5.41) is 13.3. The first kappa shape index (κ1) is 22.8. The third-order valence-electron chi connectivity index (χ3n) is 4.97. The first-order valence-electron chi connectivity index (χ1n) is 9.89. The van der Waals surface area contributed by atoms with Gasteiger partial charge in [0.05, 0.1) is 16.9 Å². The molecule has 14 heteroatoms. The number of nitrogens with zero attached hydrogens (tertiary/aromatic N) is 4. The summed E-state index contributed by atoms with van der Waals surface area (Å²) >= 11 is 0. The molecule has 0 unspecified atom stereocenters. The second-order valence-electron chi connectivity index (χ2n) is 7.44. The average molecular weight is 486 g/mol. The van der Waals surface area contributed by atoms with E-state index in [0.29, 0.717) is 11.4 Å². The van der Waals surface area contributed by atoms with Crippen LogP contribution in [-0.4, -0.2) is 53.1 Å². The number of benzene rings is 1. The van der Waals surface area contributed by atoms with Gasteiger partial charge in [-0.2, -0.15) is 0 Å². The number of aryl methyl sites for hydroxylation is 1. The Labute approximate surface area is 193 Å². The van der Waals surface area contributed by atoms with Gasteiger partial charge in [-0.15, -0.1) is 0 Å². The minimum atomic E-state index is -3.91. The van der Waals surface area contributed by atoms with Crippen LogP contribution in [0.3, 0.4) is 0 Å². The molecule has 2 amide bonds. The van der Waals surface area contributed by atoms with Crippen molar-refractivity contribution in [2.75, 3.05) is 23.1 Å². The zero-order chi connectivity index (χ0) is 24.5. The zero-order valence-corrected chi connectivity index (χ0v) is 18.5. The number of nitro groups is 1. The maximum atomic E-state index is 12.5. The number of amides is 2. The predicted octanol–water partition coefficient (Wildman–Crippen LogP) is 1.80. The summed E-state index contributed by atoms with van der Waals surface area (Å²) in [6.07, 6.45) is 1.44. The summed E-state index contributed by atoms with van der Waals surface area (Å²) in [5.74, 6) is -2.14. The Morgan fingerprint density at radius 1 is 1.15 bits per heavy atom. The van der Waals surface area contributed by atoms with Gasteiger partial charge in [-0.25, -0.2) is 23.1 Å². The van der Waals surface area contributed by atoms with Crippen LogP contribution in [-0.2, 0) is 14.8 Å². The molecule has 0 radical (unpaired) electrons. The van der Waals surface area contributed by atoms with Gasteiger partial charge in [0, 0.05) is 30.7 Å². The molecule has 34 heavy (non-hydrogen) atoms. The van der Waals surface area contributed by atoms with Gasteiger partial charge in [-0.3, -0.25) is 19.7 Å². The number of hydrogen-bond donors (Lipinski definition) is 2. The van der Waals surface area contributed by atoms with Gasteiger partial charge in [0.25, 0.3) is 15.9 Å². The summed E-state index contributed by atoms with van der Waals surface area (Å²) in [6.45, 7) is 1.94. The molecule has 1 aromatic carbocycles. The molecule has 1 aliphatic rings. The normalized spacial score (nSPS) is 13.7. The fourth-order valence-corrected chi connectivity index (χ4v) is 4.10. The van der Waals surface area contributed by atoms with E-state index in [1.165, 1.54) is 41.4 Å². The van der Waals surface area contributed by atoms with Crippen LogP contribution in [0.1, 0.15) is 16.2 Å². The molecule has 2 N–H and O–H groups in total. The van der Waals surface area contributed by atoms with Crippen molar-refractivity contribution >= 4 is 39.4 Å². The van der Waals surface area contributed by atoms with Gasteiger partial charge in [-0.05, 0) is 43.3 Å². The van der Waals surface area contributed by atoms with Crippen LogP contribution in [0, 0.1) is 23.0 Å². The Hall–Kier alpha value is -4.33. The number of furan rings is 1. The summed E-state index contributed by atoms with van der Waals surface area (Å²) in [4.78, 5) is 43.8. The number of carbonyl (C=O) groups is 2. The zero-order valence-electron chi connectivity index (χ0n) is 17.7. The first-order chi connectivity index (χ1) is 16.1. The van der Waals surface area contributed by atoms with Crippen molar-refractivity contribution in [2.24, 2.45) is 5.92 Å². The molecule has 3 aromatic rings. The molecule has 13 nitrogen and oxygen atoms in total. The molecule has 0 spiro atoms. The largest absolute Gasteiger partial charge is 0.433 e. The van der Waals surface area contributed by atoms with Crippen LogP contribution in [0.25, 0.3) is 0 Å². The Morgan fingerprint density at radius 2 is 1.85 bits per heavy atom. The maximum Gasteiger partial charge on any atom is 0.433 e. The van der Waals surface area contributed by atoms with E-state index >= 15 is 0 Å². The second kappa shape index (κ2) is 8.90. The van der Waals surface area contributed by atoms with Crippen molar-refractivity contribution in [1.29, 1.82) is 0 Å². The molecule has 1 saturated heterocycles. The number of likely N-dealkylation sites (tertiary alicyclic amines) is 1. The molecule has 4 rings (SSSR count). The SMILES string of the molecule is Cc1ccnc(NS(=O)(=O)c2ccc(NC(=O)C3CN(C(=O)c4ccc([N+](=O)[O-])o4)C3)cc2)n1. The fraction of sp³-hybridized carbons (Fsp3) is 0.200. The van der Waals surface area contributed by atoms with Gasteiger partial charge >= 0.3 is 5.88 Å². The first-order valence-corrected chi connectivity index (χ1v) is 11.4. The summed E-state index contributed by atoms with van der Waals surface area (Å²) in [5.41, 5.74) is 0.981. The molecule has 3 heterocycles. The number of carbonyl (C=O) groups excluding carboxylic acids is 2. The molecule has 1 fully saturated rings. The van der Waals surface area contributed by atoms with Crippen LogP contribution in [0.2, 0.25) is 0 Å². The molecule has 0 aliphatic carbocycles. The highest BCUT2D eigenvalue weighted by atomic mass is 32.2. The minimum absolute atomic E-state index is 0.0384. The highest BCUT2D eigenvalue weighted by Gasteiger charge is 2.37. The highest BCUT2D eigenvalue weighted by Crippen LogP contribution is 2.24. The van der Waals surface area contributed by atoms with Crippen molar-refractivity contribution in [3.8, 4) is 0 Å². The molecular weight excluding hydrogens is 468 g/mol. The molecule has 176 valence electrons. The van der Waals surface area contributed by atoms with Gasteiger partial charge in [0.15, 0.2) is 5.76 Å². The lowest BCUT2D eigenvalue weighted by molar-refractivity contribution is -0.402. The summed E-state index contributed by atoms with van der Waals surface area (Å²) in [7, 11) is -3.91. The van der Waals surface area contributed by atoms with Crippen molar-refractivity contribution in [3.63, 3.8) is 0 Å². The van der Waals surface area contributed by atoms with E-state index < -0.39 is 32.7 Å². The van der Waals surface area contributed by atoms with E-state index in [-0.39, 0.29) is 35.6 Å². The average Bonchev–Trinajstić information content (AvgIpc) is 3.23. The number of nitrogens with one attached hydrogen (secondary N) is 2. The van der Waals surface area contributed by atoms with Gasteiger partial charge in [-0.1, -0.05) is 0 Å². The lowest BCUT2D eigenvalue weighted by Crippen LogP contribution is -2.54. The minimum Gasteiger partial charge on any atom is -0.395 e. The third-order valence-corrected chi connectivity index (χ3v) is 6.32. The Morgan fingerprint density at radius 3 is 2.47 bits per heavy atom. The van der Waals surface area contributed by atoms with Gasteiger partial charge in [0.1, 0.15) is 4.92 Å². The van der Waals surface area contributed by atoms with Crippen LogP contribution in [0.5, 0.6) is 0 Å². The summed E-state index contributed by atoms with van der Waals surface area (Å²) in [6, 6.07) is 9.46. The molecule has 0 bridgehead atoms. The molecular formula is C20H18N6O7S. The van der Waals surface area contributed by atoms with E-state index in [1.54, 1.807) is 13.0 Å². The molecule has 2 aromatic heterocycles. The monoisotopic (exact) mass is 486 g/mol. The number of anilines is 2. The van der Waals surface area contributed by atoms with Gasteiger partial charge < -0.3 is 14.6 Å². The van der Waals surface area contributed by atoms with Crippen LogP contribution < -0.4 is 10.0 Å². The van der Waals surface area contributed by atoms with E-state index in [9.17, 15) is 28.1 Å². The lowest BCUT2D eigenvalue weighted by atomic mass is 9.98. The van der Waals surface area contributed by atoms with Crippen LogP contribution in [0.15, 0.2) is 58.0 Å². The number of hydrogen-bond acceptors (Lipinski definition) is 9. The van der Waals surface area contributed by atoms with Crippen LogP contribution in [0.4, 0.5) is 17.5 Å².